The Hall–Kier alpha value is -1.10. The third kappa shape index (κ3) is 12.2. The molecule has 0 saturated heterocycles. The molecule has 0 spiro atoms. The molecule has 0 unspecified atom stereocenters. The van der Waals surface area contributed by atoms with Crippen molar-refractivity contribution in [3.8, 4) is 0 Å². The van der Waals surface area contributed by atoms with Crippen molar-refractivity contribution in [1.82, 2.24) is 0 Å². The molecule has 0 aromatic rings. The van der Waals surface area contributed by atoms with E-state index in [9.17, 15) is 14.7 Å². The third-order valence-corrected chi connectivity index (χ3v) is 5.57. The van der Waals surface area contributed by atoms with Gasteiger partial charge >= 0.3 is 11.9 Å². The minimum atomic E-state index is -0.537. The molecule has 1 N–H and O–H groups in total. The first-order valence-corrected chi connectivity index (χ1v) is 11.6. The topological polar surface area (TPSA) is 72.8 Å². The van der Waals surface area contributed by atoms with Gasteiger partial charge in [-0.15, -0.1) is 0 Å². The number of hydrogen-bond donors (Lipinski definition) is 1. The summed E-state index contributed by atoms with van der Waals surface area (Å²) in [5.74, 6) is -0.903. The molecular formula is C24H46O5. The van der Waals surface area contributed by atoms with E-state index in [1.54, 1.807) is 0 Å². The minimum Gasteiger partial charge on any atom is -0.465 e. The van der Waals surface area contributed by atoms with Gasteiger partial charge in [0.25, 0.3) is 0 Å². The van der Waals surface area contributed by atoms with Crippen LogP contribution in [0, 0.1) is 16.7 Å². The lowest BCUT2D eigenvalue weighted by atomic mass is 9.87. The molecule has 0 fully saturated rings. The highest BCUT2D eigenvalue weighted by Gasteiger charge is 2.31. The Labute approximate surface area is 178 Å². The van der Waals surface area contributed by atoms with Gasteiger partial charge < -0.3 is 14.6 Å². The minimum absolute atomic E-state index is 0.0674. The van der Waals surface area contributed by atoms with Gasteiger partial charge in [0.2, 0.25) is 0 Å². The molecule has 0 aromatic carbocycles. The summed E-state index contributed by atoms with van der Waals surface area (Å²) in [4.78, 5) is 24.8. The summed E-state index contributed by atoms with van der Waals surface area (Å²) in [7, 11) is 0. The zero-order chi connectivity index (χ0) is 22.3. The van der Waals surface area contributed by atoms with Gasteiger partial charge in [-0.1, -0.05) is 65.2 Å². The Kier molecular flexibility index (Phi) is 14.3. The molecule has 172 valence electrons. The van der Waals surface area contributed by atoms with Gasteiger partial charge in [-0.3, -0.25) is 9.59 Å². The largest absolute Gasteiger partial charge is 0.465 e. The van der Waals surface area contributed by atoms with E-state index in [4.69, 9.17) is 9.47 Å². The highest BCUT2D eigenvalue weighted by molar-refractivity contribution is 5.76. The van der Waals surface area contributed by atoms with Crippen LogP contribution in [0.4, 0.5) is 0 Å². The Morgan fingerprint density at radius 1 is 0.724 bits per heavy atom. The molecule has 0 bridgehead atoms. The van der Waals surface area contributed by atoms with Crippen molar-refractivity contribution in [1.29, 1.82) is 0 Å². The quantitative estimate of drug-likeness (QED) is 0.245. The summed E-state index contributed by atoms with van der Waals surface area (Å²) in [6.07, 6.45) is 10.5. The normalized spacial score (nSPS) is 12.3. The Morgan fingerprint density at radius 3 is 1.41 bits per heavy atom. The number of esters is 2. The first kappa shape index (κ1) is 27.9. The van der Waals surface area contributed by atoms with Crippen LogP contribution < -0.4 is 0 Å². The monoisotopic (exact) mass is 414 g/mol. The molecule has 0 amide bonds. The zero-order valence-corrected chi connectivity index (χ0v) is 19.8. The second-order valence-corrected chi connectivity index (χ2v) is 9.63. The van der Waals surface area contributed by atoms with E-state index in [1.807, 2.05) is 27.7 Å². The van der Waals surface area contributed by atoms with E-state index < -0.39 is 16.7 Å². The average molecular weight is 415 g/mol. The molecule has 0 aromatic heterocycles. The van der Waals surface area contributed by atoms with Gasteiger partial charge in [0, 0.05) is 0 Å². The number of carbonyl (C=O) groups excluding carboxylic acids is 2. The van der Waals surface area contributed by atoms with E-state index in [0.29, 0.717) is 0 Å². The van der Waals surface area contributed by atoms with Crippen LogP contribution in [0.5, 0.6) is 0 Å². The van der Waals surface area contributed by atoms with Crippen molar-refractivity contribution < 1.29 is 24.2 Å². The summed E-state index contributed by atoms with van der Waals surface area (Å²) in [5, 5.41) is 9.58. The molecular weight excluding hydrogens is 368 g/mol. The highest BCUT2D eigenvalue weighted by atomic mass is 16.5. The van der Waals surface area contributed by atoms with Gasteiger partial charge in [0.1, 0.15) is 0 Å². The summed E-state index contributed by atoms with van der Waals surface area (Å²) in [6.45, 7) is 11.9. The van der Waals surface area contributed by atoms with Crippen molar-refractivity contribution in [3.05, 3.63) is 0 Å². The molecule has 29 heavy (non-hydrogen) atoms. The maximum atomic E-state index is 12.4. The molecule has 0 heterocycles. The number of hydrogen-bond acceptors (Lipinski definition) is 5. The molecule has 0 rings (SSSR count). The summed E-state index contributed by atoms with van der Waals surface area (Å²) < 4.78 is 10.9. The molecule has 0 saturated carbocycles. The molecule has 0 radical (unpaired) electrons. The lowest BCUT2D eigenvalue weighted by Gasteiger charge is -2.25. The van der Waals surface area contributed by atoms with Gasteiger partial charge in [-0.05, 0) is 40.5 Å². The van der Waals surface area contributed by atoms with Crippen LogP contribution in [0.1, 0.15) is 106 Å². The number of aliphatic hydroxyl groups is 1. The van der Waals surface area contributed by atoms with E-state index in [-0.39, 0.29) is 31.8 Å². The summed E-state index contributed by atoms with van der Waals surface area (Å²) in [6, 6.07) is 0. The van der Waals surface area contributed by atoms with E-state index in [0.717, 1.165) is 51.4 Å². The Morgan fingerprint density at radius 2 is 1.10 bits per heavy atom. The predicted molar refractivity (Wildman–Crippen MR) is 118 cm³/mol. The fourth-order valence-corrected chi connectivity index (χ4v) is 3.12. The second-order valence-electron chi connectivity index (χ2n) is 9.63. The van der Waals surface area contributed by atoms with Crippen molar-refractivity contribution >= 4 is 11.9 Å². The summed E-state index contributed by atoms with van der Waals surface area (Å²) >= 11 is 0. The first-order valence-electron chi connectivity index (χ1n) is 11.6. The zero-order valence-electron chi connectivity index (χ0n) is 19.8. The maximum Gasteiger partial charge on any atom is 0.311 e. The van der Waals surface area contributed by atoms with Crippen molar-refractivity contribution in [2.24, 2.45) is 16.7 Å². The van der Waals surface area contributed by atoms with Gasteiger partial charge in [-0.25, -0.2) is 0 Å². The van der Waals surface area contributed by atoms with E-state index in [2.05, 4.69) is 13.8 Å². The van der Waals surface area contributed by atoms with E-state index in [1.165, 1.54) is 12.8 Å². The lowest BCUT2D eigenvalue weighted by molar-refractivity contribution is -0.161. The maximum absolute atomic E-state index is 12.4. The van der Waals surface area contributed by atoms with Crippen LogP contribution in [-0.2, 0) is 19.1 Å². The molecule has 0 aliphatic heterocycles. The fourth-order valence-electron chi connectivity index (χ4n) is 3.12. The molecule has 0 atom stereocenters. The first-order chi connectivity index (χ1) is 13.6. The smallest absolute Gasteiger partial charge is 0.311 e. The van der Waals surface area contributed by atoms with Crippen molar-refractivity contribution in [2.75, 3.05) is 19.8 Å². The molecule has 5 heteroatoms. The van der Waals surface area contributed by atoms with Crippen LogP contribution in [-0.4, -0.2) is 36.9 Å². The molecule has 0 aliphatic rings. The van der Waals surface area contributed by atoms with Crippen molar-refractivity contribution in [3.63, 3.8) is 0 Å². The van der Waals surface area contributed by atoms with Crippen LogP contribution in [0.3, 0.4) is 0 Å². The number of unbranched alkanes of at least 4 members (excludes halogenated alkanes) is 6. The van der Waals surface area contributed by atoms with Crippen LogP contribution in [0.2, 0.25) is 0 Å². The van der Waals surface area contributed by atoms with Gasteiger partial charge in [-0.2, -0.15) is 0 Å². The summed E-state index contributed by atoms with van der Waals surface area (Å²) in [5.41, 5.74) is -1.07. The third-order valence-electron chi connectivity index (χ3n) is 5.57. The van der Waals surface area contributed by atoms with E-state index >= 15 is 0 Å². The lowest BCUT2D eigenvalue weighted by Crippen LogP contribution is -2.33. The van der Waals surface area contributed by atoms with Crippen LogP contribution in [0.15, 0.2) is 0 Å². The van der Waals surface area contributed by atoms with Gasteiger partial charge in [0.15, 0.2) is 0 Å². The second kappa shape index (κ2) is 14.8. The van der Waals surface area contributed by atoms with Crippen molar-refractivity contribution in [2.45, 2.75) is 106 Å². The SMILES string of the molecule is CCCCCCC(C)(C)C(=O)OCC(CO)COC(=O)C(C)(C)CCCCCC. The average Bonchev–Trinajstić information content (AvgIpc) is 2.68. The van der Waals surface area contributed by atoms with Crippen LogP contribution >= 0.6 is 0 Å². The number of carbonyl (C=O) groups is 2. The number of aliphatic hydroxyl groups excluding tert-OH is 1. The highest BCUT2D eigenvalue weighted by Crippen LogP contribution is 2.27. The van der Waals surface area contributed by atoms with Gasteiger partial charge in [0.05, 0.1) is 36.6 Å². The fraction of sp³-hybridized carbons (Fsp3) is 0.917. The Bertz CT molecular complexity index is 416. The number of rotatable bonds is 17. The molecule has 0 aliphatic carbocycles. The van der Waals surface area contributed by atoms with Crippen LogP contribution in [0.25, 0.3) is 0 Å². The Balaban J connectivity index is 4.34. The standard InChI is InChI=1S/C24H46O5/c1-7-9-11-13-15-23(3,4)21(26)28-18-20(17-25)19-29-22(27)24(5,6)16-14-12-10-8-2/h20,25H,7-19H2,1-6H3. The predicted octanol–water partition coefficient (Wildman–Crippen LogP) is 5.67. The number of ether oxygens (including phenoxy) is 2. The molecule has 5 nitrogen and oxygen atoms in total.